The molecule has 0 spiro atoms. The first-order valence-corrected chi connectivity index (χ1v) is 9.50. The molecule has 0 saturated carbocycles. The molecule has 2 aromatic carbocycles. The van der Waals surface area contributed by atoms with E-state index in [0.29, 0.717) is 6.07 Å². The summed E-state index contributed by atoms with van der Waals surface area (Å²) in [6, 6.07) is 8.32. The van der Waals surface area contributed by atoms with Gasteiger partial charge < -0.3 is 15.0 Å². The van der Waals surface area contributed by atoms with Crippen LogP contribution in [0.2, 0.25) is 0 Å². The first kappa shape index (κ1) is 21.4. The number of hydrogen-bond donors (Lipinski definition) is 1. The fraction of sp³-hybridized carbons (Fsp3) is 0.318. The third-order valence-electron chi connectivity index (χ3n) is 5.18. The summed E-state index contributed by atoms with van der Waals surface area (Å²) in [5, 5.41) is 2.26. The van der Waals surface area contributed by atoms with Gasteiger partial charge in [-0.3, -0.25) is 14.4 Å². The zero-order valence-corrected chi connectivity index (χ0v) is 16.9. The van der Waals surface area contributed by atoms with Crippen LogP contribution in [0.3, 0.4) is 0 Å². The van der Waals surface area contributed by atoms with Gasteiger partial charge in [0.1, 0.15) is 11.6 Å². The molecule has 1 fully saturated rings. The maximum absolute atomic E-state index is 13.7. The van der Waals surface area contributed by atoms with Crippen molar-refractivity contribution in [2.75, 3.05) is 16.8 Å². The van der Waals surface area contributed by atoms with Crippen molar-refractivity contribution < 1.29 is 27.9 Å². The molecule has 30 heavy (non-hydrogen) atoms. The fourth-order valence-corrected chi connectivity index (χ4v) is 3.28. The molecule has 2 atom stereocenters. The van der Waals surface area contributed by atoms with Crippen molar-refractivity contribution in [3.05, 3.63) is 59.2 Å². The molecule has 0 radical (unpaired) electrons. The van der Waals surface area contributed by atoms with Gasteiger partial charge in [-0.2, -0.15) is 0 Å². The minimum atomic E-state index is -1.22. The Morgan fingerprint density at radius 3 is 2.63 bits per heavy atom. The largest absolute Gasteiger partial charge is 0.452 e. The van der Waals surface area contributed by atoms with Gasteiger partial charge in [-0.15, -0.1) is 0 Å². The van der Waals surface area contributed by atoms with Crippen molar-refractivity contribution in [1.82, 2.24) is 0 Å². The third-order valence-corrected chi connectivity index (χ3v) is 5.18. The van der Waals surface area contributed by atoms with Crippen LogP contribution in [0, 0.1) is 31.4 Å². The zero-order valence-electron chi connectivity index (χ0n) is 16.9. The Balaban J connectivity index is 1.62. The molecule has 0 aromatic heterocycles. The number of carbonyl (C=O) groups excluding carboxylic acids is 3. The van der Waals surface area contributed by atoms with Crippen molar-refractivity contribution >= 4 is 29.2 Å². The Labute approximate surface area is 172 Å². The number of nitrogens with zero attached hydrogens (tertiary/aromatic N) is 1. The lowest BCUT2D eigenvalue weighted by molar-refractivity contribution is -0.157. The van der Waals surface area contributed by atoms with Gasteiger partial charge in [0.2, 0.25) is 5.91 Å². The quantitative estimate of drug-likeness (QED) is 0.757. The SMILES string of the molecule is Cc1cccc(N2C[C@H](C(=O)O[C@@H](C)C(=O)Nc3ccc(F)cc3F)CC2=O)c1C. The summed E-state index contributed by atoms with van der Waals surface area (Å²) >= 11 is 0. The Morgan fingerprint density at radius 2 is 1.93 bits per heavy atom. The number of nitrogens with one attached hydrogen (secondary N) is 1. The summed E-state index contributed by atoms with van der Waals surface area (Å²) in [6.07, 6.45) is -1.24. The maximum Gasteiger partial charge on any atom is 0.312 e. The lowest BCUT2D eigenvalue weighted by Crippen LogP contribution is -2.33. The van der Waals surface area contributed by atoms with Crippen LogP contribution in [0.15, 0.2) is 36.4 Å². The van der Waals surface area contributed by atoms with E-state index >= 15 is 0 Å². The van der Waals surface area contributed by atoms with Gasteiger partial charge in [-0.1, -0.05) is 12.1 Å². The number of hydrogen-bond acceptors (Lipinski definition) is 4. The molecule has 1 aliphatic heterocycles. The van der Waals surface area contributed by atoms with Crippen LogP contribution in [0.5, 0.6) is 0 Å². The van der Waals surface area contributed by atoms with E-state index in [-0.39, 0.29) is 24.6 Å². The Hall–Kier alpha value is -3.29. The van der Waals surface area contributed by atoms with Crippen molar-refractivity contribution in [2.24, 2.45) is 5.92 Å². The lowest BCUT2D eigenvalue weighted by atomic mass is 10.1. The fourth-order valence-electron chi connectivity index (χ4n) is 3.28. The molecular weight excluding hydrogens is 394 g/mol. The van der Waals surface area contributed by atoms with E-state index in [1.165, 1.54) is 6.92 Å². The topological polar surface area (TPSA) is 75.7 Å². The molecule has 3 rings (SSSR count). The van der Waals surface area contributed by atoms with Crippen LogP contribution in [0.1, 0.15) is 24.5 Å². The summed E-state index contributed by atoms with van der Waals surface area (Å²) < 4.78 is 31.8. The number of halogens is 2. The van der Waals surface area contributed by atoms with Crippen LogP contribution in [0.25, 0.3) is 0 Å². The number of carbonyl (C=O) groups is 3. The summed E-state index contributed by atoms with van der Waals surface area (Å²) in [4.78, 5) is 38.7. The molecule has 158 valence electrons. The second kappa shape index (κ2) is 8.61. The summed E-state index contributed by atoms with van der Waals surface area (Å²) in [5.41, 5.74) is 2.51. The molecule has 6 nitrogen and oxygen atoms in total. The minimum Gasteiger partial charge on any atom is -0.452 e. The van der Waals surface area contributed by atoms with Crippen molar-refractivity contribution in [3.63, 3.8) is 0 Å². The van der Waals surface area contributed by atoms with Crippen LogP contribution in [-0.2, 0) is 19.1 Å². The Kier molecular flexibility index (Phi) is 6.14. The molecule has 1 heterocycles. The highest BCUT2D eigenvalue weighted by Crippen LogP contribution is 2.30. The number of esters is 1. The molecular formula is C22H22F2N2O4. The normalized spacial score (nSPS) is 17.0. The third kappa shape index (κ3) is 4.48. The smallest absolute Gasteiger partial charge is 0.312 e. The zero-order chi connectivity index (χ0) is 22.0. The molecule has 1 N–H and O–H groups in total. The lowest BCUT2D eigenvalue weighted by Gasteiger charge is -2.20. The molecule has 0 aliphatic carbocycles. The van der Waals surface area contributed by atoms with Gasteiger partial charge in [-0.25, -0.2) is 8.78 Å². The van der Waals surface area contributed by atoms with Gasteiger partial charge in [0, 0.05) is 24.7 Å². The van der Waals surface area contributed by atoms with E-state index in [0.717, 1.165) is 28.9 Å². The van der Waals surface area contributed by atoms with Crippen LogP contribution < -0.4 is 10.2 Å². The van der Waals surface area contributed by atoms with E-state index in [9.17, 15) is 23.2 Å². The van der Waals surface area contributed by atoms with E-state index in [4.69, 9.17) is 4.74 Å². The number of aryl methyl sites for hydroxylation is 1. The molecule has 1 aliphatic rings. The molecule has 0 unspecified atom stereocenters. The van der Waals surface area contributed by atoms with E-state index in [1.807, 2.05) is 32.0 Å². The average Bonchev–Trinajstić information content (AvgIpc) is 3.07. The molecule has 1 saturated heterocycles. The van der Waals surface area contributed by atoms with Crippen molar-refractivity contribution in [2.45, 2.75) is 33.3 Å². The van der Waals surface area contributed by atoms with E-state index in [2.05, 4.69) is 5.32 Å². The minimum absolute atomic E-state index is 0.0207. The van der Waals surface area contributed by atoms with Gasteiger partial charge in [-0.05, 0) is 50.1 Å². The second-order valence-electron chi connectivity index (χ2n) is 7.32. The van der Waals surface area contributed by atoms with Crippen molar-refractivity contribution in [3.8, 4) is 0 Å². The predicted molar refractivity (Wildman–Crippen MR) is 107 cm³/mol. The Bertz CT molecular complexity index is 1010. The average molecular weight is 416 g/mol. The van der Waals surface area contributed by atoms with Crippen molar-refractivity contribution in [1.29, 1.82) is 0 Å². The maximum atomic E-state index is 13.7. The number of amides is 2. The standard InChI is InChI=1S/C22H22F2N2O4/c1-12-5-4-6-19(13(12)2)26-11-15(9-20(26)27)22(29)30-14(3)21(28)25-18-8-7-16(23)10-17(18)24/h4-8,10,14-15H,9,11H2,1-3H3,(H,25,28)/t14-,15+/m0/s1. The first-order valence-electron chi connectivity index (χ1n) is 9.50. The number of anilines is 2. The van der Waals surface area contributed by atoms with Gasteiger partial charge in [0.25, 0.3) is 5.91 Å². The second-order valence-corrected chi connectivity index (χ2v) is 7.32. The monoisotopic (exact) mass is 416 g/mol. The van der Waals surface area contributed by atoms with E-state index in [1.54, 1.807) is 4.90 Å². The highest BCUT2D eigenvalue weighted by atomic mass is 19.1. The van der Waals surface area contributed by atoms with Gasteiger partial charge in [0.15, 0.2) is 6.10 Å². The van der Waals surface area contributed by atoms with Crippen LogP contribution in [-0.4, -0.2) is 30.4 Å². The molecule has 2 amide bonds. The number of ether oxygens (including phenoxy) is 1. The molecule has 0 bridgehead atoms. The predicted octanol–water partition coefficient (Wildman–Crippen LogP) is 3.50. The number of rotatable bonds is 5. The summed E-state index contributed by atoms with van der Waals surface area (Å²) in [5.74, 6) is -4.06. The summed E-state index contributed by atoms with van der Waals surface area (Å²) in [7, 11) is 0. The molecule has 2 aromatic rings. The highest BCUT2D eigenvalue weighted by Gasteiger charge is 2.38. The van der Waals surface area contributed by atoms with E-state index < -0.39 is 35.5 Å². The summed E-state index contributed by atoms with van der Waals surface area (Å²) in [6.45, 7) is 5.34. The van der Waals surface area contributed by atoms with Gasteiger partial charge >= 0.3 is 5.97 Å². The Morgan fingerprint density at radius 1 is 1.20 bits per heavy atom. The first-order chi connectivity index (χ1) is 14.2. The highest BCUT2D eigenvalue weighted by molar-refractivity contribution is 6.01. The van der Waals surface area contributed by atoms with Gasteiger partial charge in [0.05, 0.1) is 11.6 Å². The van der Waals surface area contributed by atoms with Crippen LogP contribution >= 0.6 is 0 Å². The van der Waals surface area contributed by atoms with Crippen LogP contribution in [0.4, 0.5) is 20.2 Å². The molecule has 8 heteroatoms. The number of benzene rings is 2.